The molecule has 0 amide bonds. The Bertz CT molecular complexity index is 1320. The van der Waals surface area contributed by atoms with E-state index in [9.17, 15) is 24.9 Å². The summed E-state index contributed by atoms with van der Waals surface area (Å²) >= 11 is 0. The van der Waals surface area contributed by atoms with Crippen molar-refractivity contribution < 1.29 is 34.4 Å². The minimum Gasteiger partial charge on any atom is -0.504 e. The molecule has 0 heterocycles. The molecule has 7 heteroatoms. The van der Waals surface area contributed by atoms with E-state index in [0.29, 0.717) is 0 Å². The molecule has 0 aliphatic heterocycles. The molecule has 1 fully saturated rings. The Kier molecular flexibility index (Phi) is 7.75. The van der Waals surface area contributed by atoms with Gasteiger partial charge in [-0.3, -0.25) is 0 Å². The van der Waals surface area contributed by atoms with Crippen molar-refractivity contribution in [1.82, 2.24) is 0 Å². The van der Waals surface area contributed by atoms with Crippen LogP contribution in [-0.4, -0.2) is 33.9 Å². The highest BCUT2D eigenvalue weighted by molar-refractivity contribution is 5.90. The summed E-state index contributed by atoms with van der Waals surface area (Å²) < 4.78 is 11.5. The number of rotatable bonds is 6. The maximum atomic E-state index is 12.8. The third-order valence-corrected chi connectivity index (χ3v) is 8.67. The third kappa shape index (κ3) is 5.36. The Balaban J connectivity index is 1.68. The zero-order valence-electron chi connectivity index (χ0n) is 23.8. The molecule has 7 nitrogen and oxygen atoms in total. The molecule has 3 N–H and O–H groups in total. The van der Waals surface area contributed by atoms with Crippen LogP contribution < -0.4 is 4.74 Å². The van der Waals surface area contributed by atoms with Gasteiger partial charge >= 0.3 is 11.9 Å². The number of hydrogen-bond donors (Lipinski definition) is 3. The summed E-state index contributed by atoms with van der Waals surface area (Å²) in [5.41, 5.74) is 2.97. The number of carbonyl (C=O) groups is 2. The van der Waals surface area contributed by atoms with Gasteiger partial charge in [0.1, 0.15) is 0 Å². The first-order valence-electron chi connectivity index (χ1n) is 13.7. The van der Waals surface area contributed by atoms with E-state index < -0.39 is 17.4 Å². The second-order valence-electron chi connectivity index (χ2n) is 12.3. The van der Waals surface area contributed by atoms with Crippen LogP contribution in [0.4, 0.5) is 0 Å². The second-order valence-corrected chi connectivity index (χ2v) is 12.3. The smallest absolute Gasteiger partial charge is 0.338 e. The zero-order chi connectivity index (χ0) is 28.7. The van der Waals surface area contributed by atoms with E-state index in [1.807, 2.05) is 27.7 Å². The Morgan fingerprint density at radius 1 is 1.08 bits per heavy atom. The van der Waals surface area contributed by atoms with Gasteiger partial charge in [0.25, 0.3) is 0 Å². The number of aryl methyl sites for hydroxylation is 1. The molecule has 4 rings (SSSR count). The van der Waals surface area contributed by atoms with Crippen LogP contribution >= 0.6 is 0 Å². The van der Waals surface area contributed by atoms with Gasteiger partial charge in [0.2, 0.25) is 0 Å². The SMILES string of the molecule is CC(C)=CC(=O)Oc1c(C(C)C)cc2c(c1O)C1(C)CCCC(C)(COC(=O)c3ccc(O)c(O)c3)C1CC2. The summed E-state index contributed by atoms with van der Waals surface area (Å²) in [6, 6.07) is 5.98. The predicted molar refractivity (Wildman–Crippen MR) is 148 cm³/mol. The standard InChI is InChI=1S/C32H40O7/c1-18(2)14-26(35)39-29-22(19(3)4)15-20-9-11-25-31(5,12-7-13-32(25,6)27(20)28(29)36)17-38-30(37)21-8-10-23(33)24(34)16-21/h8,10,14-16,19,25,33-34,36H,7,9,11-13,17H2,1-6H3. The van der Waals surface area contributed by atoms with Gasteiger partial charge in [-0.15, -0.1) is 0 Å². The lowest BCUT2D eigenvalue weighted by atomic mass is 9.49. The fraction of sp³-hybridized carbons (Fsp3) is 0.500. The van der Waals surface area contributed by atoms with Crippen LogP contribution in [0.3, 0.4) is 0 Å². The summed E-state index contributed by atoms with van der Waals surface area (Å²) in [6.45, 7) is 12.2. The Morgan fingerprint density at radius 3 is 2.44 bits per heavy atom. The van der Waals surface area contributed by atoms with Crippen molar-refractivity contribution in [2.45, 2.75) is 85.0 Å². The molecular formula is C32H40O7. The van der Waals surface area contributed by atoms with Gasteiger partial charge < -0.3 is 24.8 Å². The van der Waals surface area contributed by atoms with Crippen molar-refractivity contribution in [3.05, 3.63) is 58.2 Å². The first-order valence-corrected chi connectivity index (χ1v) is 13.7. The topological polar surface area (TPSA) is 113 Å². The highest BCUT2D eigenvalue weighted by Gasteiger charge is 2.54. The van der Waals surface area contributed by atoms with Gasteiger partial charge in [-0.05, 0) is 75.1 Å². The molecule has 2 aromatic carbocycles. The van der Waals surface area contributed by atoms with E-state index in [0.717, 1.165) is 54.4 Å². The number of hydrogen-bond acceptors (Lipinski definition) is 7. The number of fused-ring (bicyclic) bond motifs is 3. The Labute approximate surface area is 230 Å². The average molecular weight is 537 g/mol. The number of esters is 2. The van der Waals surface area contributed by atoms with E-state index in [1.54, 1.807) is 0 Å². The molecule has 0 saturated heterocycles. The second kappa shape index (κ2) is 10.6. The van der Waals surface area contributed by atoms with E-state index in [2.05, 4.69) is 19.9 Å². The van der Waals surface area contributed by atoms with Crippen molar-refractivity contribution in [3.8, 4) is 23.0 Å². The van der Waals surface area contributed by atoms with Crippen molar-refractivity contribution in [1.29, 1.82) is 0 Å². The third-order valence-electron chi connectivity index (χ3n) is 8.67. The number of ether oxygens (including phenoxy) is 2. The van der Waals surface area contributed by atoms with E-state index >= 15 is 0 Å². The predicted octanol–water partition coefficient (Wildman–Crippen LogP) is 6.67. The van der Waals surface area contributed by atoms with Crippen molar-refractivity contribution >= 4 is 11.9 Å². The largest absolute Gasteiger partial charge is 0.504 e. The summed E-state index contributed by atoms with van der Waals surface area (Å²) in [5, 5.41) is 31.1. The van der Waals surface area contributed by atoms with E-state index in [4.69, 9.17) is 9.47 Å². The fourth-order valence-electron chi connectivity index (χ4n) is 6.84. The van der Waals surface area contributed by atoms with Gasteiger partial charge in [0.05, 0.1) is 12.2 Å². The molecule has 2 aliphatic carbocycles. The van der Waals surface area contributed by atoms with Crippen LogP contribution in [0.1, 0.15) is 100 Å². The zero-order valence-corrected chi connectivity index (χ0v) is 23.8. The van der Waals surface area contributed by atoms with Crippen LogP contribution in [0.15, 0.2) is 35.9 Å². The van der Waals surface area contributed by atoms with Gasteiger partial charge in [0.15, 0.2) is 23.0 Å². The van der Waals surface area contributed by atoms with Crippen molar-refractivity contribution in [3.63, 3.8) is 0 Å². The van der Waals surface area contributed by atoms with Crippen LogP contribution in [0.2, 0.25) is 0 Å². The highest BCUT2D eigenvalue weighted by atomic mass is 16.5. The fourth-order valence-corrected chi connectivity index (χ4v) is 6.84. The molecule has 3 atom stereocenters. The van der Waals surface area contributed by atoms with Crippen LogP contribution in [0.5, 0.6) is 23.0 Å². The van der Waals surface area contributed by atoms with Gasteiger partial charge in [-0.1, -0.05) is 45.8 Å². The van der Waals surface area contributed by atoms with Gasteiger partial charge in [-0.2, -0.15) is 0 Å². The lowest BCUT2D eigenvalue weighted by Gasteiger charge is -2.55. The number of phenolic OH excluding ortho intramolecular Hbond substituents is 3. The van der Waals surface area contributed by atoms with Gasteiger partial charge in [-0.25, -0.2) is 9.59 Å². The molecule has 39 heavy (non-hydrogen) atoms. The molecule has 0 aromatic heterocycles. The number of aromatic hydroxyl groups is 3. The maximum absolute atomic E-state index is 12.8. The Hall–Kier alpha value is -3.48. The molecule has 210 valence electrons. The van der Waals surface area contributed by atoms with Crippen molar-refractivity contribution in [2.75, 3.05) is 6.61 Å². The first kappa shape index (κ1) is 28.5. The van der Waals surface area contributed by atoms with Crippen molar-refractivity contribution in [2.24, 2.45) is 11.3 Å². The Morgan fingerprint density at radius 2 is 1.79 bits per heavy atom. The molecule has 1 saturated carbocycles. The highest BCUT2D eigenvalue weighted by Crippen LogP contribution is 2.60. The maximum Gasteiger partial charge on any atom is 0.338 e. The molecular weight excluding hydrogens is 496 g/mol. The molecule has 0 radical (unpaired) electrons. The average Bonchev–Trinajstić information content (AvgIpc) is 2.84. The number of phenols is 3. The van der Waals surface area contributed by atoms with E-state index in [1.165, 1.54) is 24.3 Å². The molecule has 2 aromatic rings. The number of benzene rings is 2. The molecule has 0 bridgehead atoms. The van der Waals surface area contributed by atoms with Crippen LogP contribution in [0.25, 0.3) is 0 Å². The van der Waals surface area contributed by atoms with Crippen LogP contribution in [-0.2, 0) is 21.4 Å². The molecule has 0 spiro atoms. The summed E-state index contributed by atoms with van der Waals surface area (Å²) in [4.78, 5) is 25.4. The normalized spacial score (nSPS) is 23.9. The number of carbonyl (C=O) groups excluding carboxylic acids is 2. The molecule has 3 unspecified atom stereocenters. The van der Waals surface area contributed by atoms with E-state index in [-0.39, 0.29) is 52.4 Å². The minimum absolute atomic E-state index is 0.0414. The summed E-state index contributed by atoms with van der Waals surface area (Å²) in [6.07, 6.45) is 5.68. The first-order chi connectivity index (χ1) is 18.3. The summed E-state index contributed by atoms with van der Waals surface area (Å²) in [5.74, 6) is -1.30. The monoisotopic (exact) mass is 536 g/mol. The van der Waals surface area contributed by atoms with Gasteiger partial charge in [0, 0.05) is 28.0 Å². The van der Waals surface area contributed by atoms with Crippen LogP contribution in [0, 0.1) is 11.3 Å². The minimum atomic E-state index is -0.562. The number of allylic oxidation sites excluding steroid dienone is 1. The lowest BCUT2D eigenvalue weighted by Crippen LogP contribution is -2.51. The lowest BCUT2D eigenvalue weighted by molar-refractivity contribution is -0.129. The quantitative estimate of drug-likeness (QED) is 0.164. The molecule has 2 aliphatic rings. The summed E-state index contributed by atoms with van der Waals surface area (Å²) in [7, 11) is 0.